The van der Waals surface area contributed by atoms with Gasteiger partial charge in [0.2, 0.25) is 5.82 Å². The van der Waals surface area contributed by atoms with E-state index in [2.05, 4.69) is 19.0 Å². The highest BCUT2D eigenvalue weighted by Gasteiger charge is 2.38. The smallest absolute Gasteiger partial charge is 0.471 e. The van der Waals surface area contributed by atoms with Crippen molar-refractivity contribution < 1.29 is 35.8 Å². The number of rotatable bonds is 4. The average Bonchev–Trinajstić information content (AvgIpc) is 3.18. The number of carbonyl (C=O) groups is 1. The largest absolute Gasteiger partial charge is 0.497 e. The van der Waals surface area contributed by atoms with Crippen molar-refractivity contribution in [1.29, 1.82) is 0 Å². The third kappa shape index (κ3) is 4.48. The van der Waals surface area contributed by atoms with E-state index < -0.39 is 44.9 Å². The molecule has 0 fully saturated rings. The minimum Gasteiger partial charge on any atom is -0.497 e. The summed E-state index contributed by atoms with van der Waals surface area (Å²) in [4.78, 5) is 15.7. The molecule has 1 unspecified atom stereocenters. The first-order valence-electron chi connectivity index (χ1n) is 8.12. The van der Waals surface area contributed by atoms with Crippen molar-refractivity contribution in [3.05, 3.63) is 59.7 Å². The second-order valence-electron chi connectivity index (χ2n) is 5.99. The van der Waals surface area contributed by atoms with Crippen molar-refractivity contribution in [3.8, 4) is 17.1 Å². The summed E-state index contributed by atoms with van der Waals surface area (Å²) < 4.78 is 77.5. The van der Waals surface area contributed by atoms with Crippen molar-refractivity contribution in [2.45, 2.75) is 11.1 Å². The van der Waals surface area contributed by atoms with Crippen LogP contribution in [0.3, 0.4) is 0 Å². The van der Waals surface area contributed by atoms with Crippen molar-refractivity contribution in [2.75, 3.05) is 13.4 Å². The molecule has 12 heteroatoms. The summed E-state index contributed by atoms with van der Waals surface area (Å²) in [7, 11) is -1.68. The lowest BCUT2D eigenvalue weighted by molar-refractivity contribution is -0.159. The van der Waals surface area contributed by atoms with Crippen LogP contribution < -0.4 is 4.74 Å². The lowest BCUT2D eigenvalue weighted by atomic mass is 10.1. The van der Waals surface area contributed by atoms with Crippen LogP contribution in [0.4, 0.5) is 17.6 Å². The van der Waals surface area contributed by atoms with Crippen molar-refractivity contribution in [1.82, 2.24) is 10.1 Å². The zero-order chi connectivity index (χ0) is 22.1. The summed E-state index contributed by atoms with van der Waals surface area (Å²) in [6.07, 6.45) is -3.63. The van der Waals surface area contributed by atoms with Crippen LogP contribution in [-0.2, 0) is 15.9 Å². The third-order valence-electron chi connectivity index (χ3n) is 3.88. The molecule has 1 heterocycles. The first-order chi connectivity index (χ1) is 14.0. The van der Waals surface area contributed by atoms with Crippen LogP contribution in [0, 0.1) is 5.82 Å². The minimum atomic E-state index is -4.88. The van der Waals surface area contributed by atoms with E-state index in [4.69, 9.17) is 4.74 Å². The number of methoxy groups -OCH3 is 1. The number of nitrogens with zero attached hydrogens (tertiary/aromatic N) is 3. The highest BCUT2D eigenvalue weighted by Crippen LogP contribution is 2.30. The number of aromatic nitrogens is 2. The molecule has 0 radical (unpaired) electrons. The molecule has 0 bridgehead atoms. The Morgan fingerprint density at radius 3 is 2.37 bits per heavy atom. The monoisotopic (exact) mass is 443 g/mol. The fourth-order valence-electron chi connectivity index (χ4n) is 2.37. The van der Waals surface area contributed by atoms with Crippen LogP contribution in [-0.4, -0.2) is 33.6 Å². The van der Waals surface area contributed by atoms with E-state index in [0.29, 0.717) is 5.75 Å². The zero-order valence-corrected chi connectivity index (χ0v) is 16.3. The Morgan fingerprint density at radius 2 is 1.83 bits per heavy atom. The summed E-state index contributed by atoms with van der Waals surface area (Å²) in [6, 6.07) is 8.92. The predicted octanol–water partition coefficient (Wildman–Crippen LogP) is 4.20. The molecule has 1 aromatic heterocycles. The molecule has 30 heavy (non-hydrogen) atoms. The number of benzene rings is 2. The van der Waals surface area contributed by atoms with Crippen molar-refractivity contribution >= 4 is 15.6 Å². The van der Waals surface area contributed by atoms with E-state index >= 15 is 0 Å². The first-order valence-corrected chi connectivity index (χ1v) is 10.0. The Labute approximate surface area is 167 Å². The van der Waals surface area contributed by atoms with Gasteiger partial charge in [-0.1, -0.05) is 5.16 Å². The lowest BCUT2D eigenvalue weighted by Gasteiger charge is -2.06. The van der Waals surface area contributed by atoms with Crippen LogP contribution >= 0.6 is 0 Å². The van der Waals surface area contributed by atoms with Crippen LogP contribution in [0.25, 0.3) is 11.4 Å². The molecule has 7 nitrogen and oxygen atoms in total. The fourth-order valence-corrected chi connectivity index (χ4v) is 3.54. The first kappa shape index (κ1) is 21.4. The number of amides is 1. The van der Waals surface area contributed by atoms with Gasteiger partial charge >= 0.3 is 12.1 Å². The fraction of sp³-hybridized carbons (Fsp3) is 0.167. The van der Waals surface area contributed by atoms with Gasteiger partial charge in [0, 0.05) is 16.7 Å². The average molecular weight is 443 g/mol. The van der Waals surface area contributed by atoms with Crippen LogP contribution in [0.1, 0.15) is 16.2 Å². The van der Waals surface area contributed by atoms with Crippen molar-refractivity contribution in [2.24, 2.45) is 4.36 Å². The van der Waals surface area contributed by atoms with Crippen LogP contribution in [0.2, 0.25) is 0 Å². The van der Waals surface area contributed by atoms with Crippen LogP contribution in [0.5, 0.6) is 5.75 Å². The van der Waals surface area contributed by atoms with E-state index in [1.807, 2.05) is 0 Å². The zero-order valence-electron chi connectivity index (χ0n) is 15.4. The molecule has 0 N–H and O–H groups in total. The molecule has 3 rings (SSSR count). The standard InChI is InChI=1S/C18H13F4N3O4S/c1-28-11-4-6-12(7-5-11)30(2,27)25-16(26)10-3-8-13(14(19)9-10)15-23-17(29-24-15)18(20,21)22/h3-9H,1-2H3. The Kier molecular flexibility index (Phi) is 5.61. The number of hydrogen-bond acceptors (Lipinski definition) is 6. The topological polar surface area (TPSA) is 94.7 Å². The molecule has 2 aromatic carbocycles. The van der Waals surface area contributed by atoms with E-state index in [9.17, 15) is 26.6 Å². The maximum Gasteiger partial charge on any atom is 0.471 e. The molecule has 0 aliphatic carbocycles. The Bertz CT molecular complexity index is 1210. The molecule has 158 valence electrons. The van der Waals surface area contributed by atoms with E-state index in [0.717, 1.165) is 18.2 Å². The normalized spacial score (nSPS) is 13.5. The van der Waals surface area contributed by atoms with Crippen molar-refractivity contribution in [3.63, 3.8) is 0 Å². The molecule has 1 amide bonds. The SMILES string of the molecule is COc1ccc(S(C)(=O)=NC(=O)c2ccc(-c3noc(C(F)(F)F)n3)c(F)c2)cc1. The quantitative estimate of drug-likeness (QED) is 0.561. The van der Waals surface area contributed by atoms with Crippen LogP contribution in [0.15, 0.2) is 56.2 Å². The number of halogens is 4. The molecule has 0 aliphatic heterocycles. The molecule has 0 spiro atoms. The van der Waals surface area contributed by atoms with Gasteiger partial charge in [-0.3, -0.25) is 4.79 Å². The Hall–Kier alpha value is -3.28. The molecule has 0 saturated carbocycles. The maximum atomic E-state index is 14.4. The number of hydrogen-bond donors (Lipinski definition) is 0. The van der Waals surface area contributed by atoms with Gasteiger partial charge in [0.05, 0.1) is 22.4 Å². The van der Waals surface area contributed by atoms with E-state index in [1.54, 1.807) is 12.1 Å². The lowest BCUT2D eigenvalue weighted by Crippen LogP contribution is -2.05. The van der Waals surface area contributed by atoms with Gasteiger partial charge in [-0.2, -0.15) is 22.5 Å². The number of carbonyl (C=O) groups excluding carboxylic acids is 1. The summed E-state index contributed by atoms with van der Waals surface area (Å²) in [6.45, 7) is 0. The van der Waals surface area contributed by atoms with Gasteiger partial charge < -0.3 is 9.26 Å². The second kappa shape index (κ2) is 7.86. The third-order valence-corrected chi connectivity index (χ3v) is 5.54. The maximum absolute atomic E-state index is 14.4. The van der Waals surface area contributed by atoms with Gasteiger partial charge in [-0.15, -0.1) is 0 Å². The molecule has 0 saturated heterocycles. The predicted molar refractivity (Wildman–Crippen MR) is 96.8 cm³/mol. The van der Waals surface area contributed by atoms with E-state index in [1.165, 1.54) is 25.5 Å². The molecule has 0 aliphatic rings. The summed E-state index contributed by atoms with van der Waals surface area (Å²) in [5.41, 5.74) is -0.655. The molecular weight excluding hydrogens is 430 g/mol. The summed E-state index contributed by atoms with van der Waals surface area (Å²) in [5, 5.41) is 3.09. The van der Waals surface area contributed by atoms with Gasteiger partial charge in [0.25, 0.3) is 5.91 Å². The van der Waals surface area contributed by atoms with Gasteiger partial charge in [-0.05, 0) is 42.5 Å². The van der Waals surface area contributed by atoms with E-state index in [-0.39, 0.29) is 10.5 Å². The Balaban J connectivity index is 1.90. The molecule has 3 aromatic rings. The number of ether oxygens (including phenoxy) is 1. The summed E-state index contributed by atoms with van der Waals surface area (Å²) in [5.74, 6) is -3.77. The number of alkyl halides is 3. The van der Waals surface area contributed by atoms with Gasteiger partial charge in [-0.25, -0.2) is 8.60 Å². The molecule has 1 atom stereocenters. The van der Waals surface area contributed by atoms with Gasteiger partial charge in [0.15, 0.2) is 0 Å². The molecular formula is C18H13F4N3O4S. The van der Waals surface area contributed by atoms with Gasteiger partial charge in [0.1, 0.15) is 11.6 Å². The Morgan fingerprint density at radius 1 is 1.17 bits per heavy atom. The second-order valence-corrected chi connectivity index (χ2v) is 8.25. The highest BCUT2D eigenvalue weighted by molar-refractivity contribution is 7.93. The minimum absolute atomic E-state index is 0.251. The highest BCUT2D eigenvalue weighted by atomic mass is 32.2. The summed E-state index contributed by atoms with van der Waals surface area (Å²) >= 11 is 0.